The number of aryl methyl sites for hydroxylation is 1. The van der Waals surface area contributed by atoms with E-state index in [9.17, 15) is 9.90 Å². The molecule has 0 bridgehead atoms. The Hall–Kier alpha value is -2.55. The van der Waals surface area contributed by atoms with E-state index in [-0.39, 0.29) is 12.1 Å². The van der Waals surface area contributed by atoms with E-state index < -0.39 is 5.60 Å². The van der Waals surface area contributed by atoms with Gasteiger partial charge in [0.2, 0.25) is 0 Å². The molecule has 0 spiro atoms. The van der Waals surface area contributed by atoms with Crippen LogP contribution in [-0.4, -0.2) is 45.1 Å². The average Bonchev–Trinajstić information content (AvgIpc) is 3.09. The fourth-order valence-corrected chi connectivity index (χ4v) is 2.72. The molecule has 0 aromatic carbocycles. The van der Waals surface area contributed by atoms with Crippen LogP contribution in [0.25, 0.3) is 17.2 Å². The lowest BCUT2D eigenvalue weighted by molar-refractivity contribution is 0.0580. The van der Waals surface area contributed by atoms with Crippen molar-refractivity contribution >= 4 is 5.78 Å². The zero-order chi connectivity index (χ0) is 19.1. The lowest BCUT2D eigenvalue weighted by Gasteiger charge is -2.17. The number of aromatic amines is 1. The number of aromatic nitrogens is 7. The second kappa shape index (κ2) is 6.64. The van der Waals surface area contributed by atoms with Gasteiger partial charge in [-0.2, -0.15) is 14.6 Å². The Morgan fingerprint density at radius 1 is 1.35 bits per heavy atom. The van der Waals surface area contributed by atoms with Gasteiger partial charge < -0.3 is 5.11 Å². The molecule has 0 radical (unpaired) electrons. The minimum Gasteiger partial charge on any atom is -0.389 e. The molecule has 0 fully saturated rings. The van der Waals surface area contributed by atoms with Gasteiger partial charge in [-0.15, -0.1) is 0 Å². The van der Waals surface area contributed by atoms with Crippen molar-refractivity contribution < 1.29 is 5.11 Å². The van der Waals surface area contributed by atoms with Crippen LogP contribution in [0, 0.1) is 12.8 Å². The molecule has 2 N–H and O–H groups in total. The molecular formula is C17H25N7O2. The van der Waals surface area contributed by atoms with E-state index in [0.29, 0.717) is 41.2 Å². The van der Waals surface area contributed by atoms with Crippen molar-refractivity contribution in [2.45, 2.75) is 59.6 Å². The SMILES string of the molecule is CCC(C)Cc1nc(-c2cnc3nc(C)[nH]n3c2=O)n(CC(C)(C)O)n1. The predicted octanol–water partition coefficient (Wildman–Crippen LogP) is 1.34. The van der Waals surface area contributed by atoms with Gasteiger partial charge in [0.1, 0.15) is 11.4 Å². The highest BCUT2D eigenvalue weighted by Crippen LogP contribution is 2.18. The first-order chi connectivity index (χ1) is 12.2. The number of H-pyrrole nitrogens is 1. The average molecular weight is 359 g/mol. The van der Waals surface area contributed by atoms with Crippen molar-refractivity contribution in [3.63, 3.8) is 0 Å². The number of nitrogens with zero attached hydrogens (tertiary/aromatic N) is 6. The summed E-state index contributed by atoms with van der Waals surface area (Å²) in [5.74, 6) is 2.40. The van der Waals surface area contributed by atoms with Crippen LogP contribution in [0.5, 0.6) is 0 Å². The molecule has 0 aliphatic carbocycles. The van der Waals surface area contributed by atoms with Gasteiger partial charge in [0.05, 0.1) is 12.1 Å². The Morgan fingerprint density at radius 2 is 2.08 bits per heavy atom. The number of hydrogen-bond acceptors (Lipinski definition) is 6. The molecule has 9 heteroatoms. The summed E-state index contributed by atoms with van der Waals surface area (Å²) in [4.78, 5) is 25.8. The molecule has 0 aliphatic rings. The van der Waals surface area contributed by atoms with E-state index in [4.69, 9.17) is 0 Å². The van der Waals surface area contributed by atoms with Crippen LogP contribution in [0.1, 0.15) is 45.8 Å². The number of aliphatic hydroxyl groups is 1. The van der Waals surface area contributed by atoms with Gasteiger partial charge in [0.25, 0.3) is 11.3 Å². The van der Waals surface area contributed by atoms with Crippen LogP contribution in [0.3, 0.4) is 0 Å². The molecule has 9 nitrogen and oxygen atoms in total. The molecule has 3 aromatic rings. The summed E-state index contributed by atoms with van der Waals surface area (Å²) < 4.78 is 2.88. The smallest absolute Gasteiger partial charge is 0.285 e. The van der Waals surface area contributed by atoms with Crippen LogP contribution in [0.2, 0.25) is 0 Å². The highest BCUT2D eigenvalue weighted by atomic mass is 16.3. The molecule has 0 saturated heterocycles. The molecule has 3 rings (SSSR count). The summed E-state index contributed by atoms with van der Waals surface area (Å²) in [6, 6.07) is 0. The summed E-state index contributed by atoms with van der Waals surface area (Å²) in [6.45, 7) is 9.62. The Balaban J connectivity index is 2.13. The van der Waals surface area contributed by atoms with Crippen molar-refractivity contribution in [2.75, 3.05) is 0 Å². The largest absolute Gasteiger partial charge is 0.389 e. The van der Waals surface area contributed by atoms with E-state index in [1.807, 2.05) is 0 Å². The molecule has 3 aromatic heterocycles. The van der Waals surface area contributed by atoms with E-state index in [2.05, 4.69) is 39.0 Å². The van der Waals surface area contributed by atoms with E-state index in [0.717, 1.165) is 6.42 Å². The first kappa shape index (κ1) is 18.2. The fourth-order valence-electron chi connectivity index (χ4n) is 2.72. The Morgan fingerprint density at radius 3 is 2.73 bits per heavy atom. The topological polar surface area (TPSA) is 114 Å². The molecule has 1 atom stereocenters. The van der Waals surface area contributed by atoms with Gasteiger partial charge >= 0.3 is 0 Å². The van der Waals surface area contributed by atoms with Gasteiger partial charge in [-0.25, -0.2) is 14.6 Å². The maximum Gasteiger partial charge on any atom is 0.285 e. The van der Waals surface area contributed by atoms with E-state index in [1.54, 1.807) is 25.5 Å². The van der Waals surface area contributed by atoms with Crippen molar-refractivity contribution in [1.82, 2.24) is 34.3 Å². The fraction of sp³-hybridized carbons (Fsp3) is 0.588. The standard InChI is InChI=1S/C17H25N7O2/c1-6-10(2)7-13-20-14(23(22-13)9-17(4,5)26)12-8-18-16-19-11(3)21-24(16)15(12)25/h8,10,26H,6-7,9H2,1-5H3,(H,18,19,21). The second-order valence-corrected chi connectivity index (χ2v) is 7.46. The third-order valence-electron chi connectivity index (χ3n) is 4.21. The molecule has 0 amide bonds. The first-order valence-electron chi connectivity index (χ1n) is 8.78. The highest BCUT2D eigenvalue weighted by Gasteiger charge is 2.23. The quantitative estimate of drug-likeness (QED) is 0.686. The Labute approximate surface area is 151 Å². The third kappa shape index (κ3) is 3.67. The molecule has 0 saturated carbocycles. The van der Waals surface area contributed by atoms with Crippen molar-refractivity contribution in [3.05, 3.63) is 28.2 Å². The van der Waals surface area contributed by atoms with Crippen LogP contribution in [0.4, 0.5) is 0 Å². The normalized spacial score (nSPS) is 13.5. The zero-order valence-electron chi connectivity index (χ0n) is 15.8. The maximum atomic E-state index is 12.9. The van der Waals surface area contributed by atoms with Crippen molar-refractivity contribution in [3.8, 4) is 11.4 Å². The van der Waals surface area contributed by atoms with Gasteiger partial charge in [-0.05, 0) is 26.7 Å². The number of rotatable bonds is 6. The van der Waals surface area contributed by atoms with Crippen LogP contribution < -0.4 is 5.56 Å². The highest BCUT2D eigenvalue weighted by molar-refractivity contribution is 5.54. The molecule has 3 heterocycles. The van der Waals surface area contributed by atoms with Crippen LogP contribution in [0.15, 0.2) is 11.0 Å². The lowest BCUT2D eigenvalue weighted by Crippen LogP contribution is -2.28. The Kier molecular flexibility index (Phi) is 4.66. The molecule has 140 valence electrons. The number of fused-ring (bicyclic) bond motifs is 1. The summed E-state index contributed by atoms with van der Waals surface area (Å²) in [5, 5.41) is 17.6. The molecule has 0 aliphatic heterocycles. The van der Waals surface area contributed by atoms with Crippen molar-refractivity contribution in [1.29, 1.82) is 0 Å². The first-order valence-corrected chi connectivity index (χ1v) is 8.78. The lowest BCUT2D eigenvalue weighted by atomic mass is 10.1. The Bertz CT molecular complexity index is 977. The molecule has 26 heavy (non-hydrogen) atoms. The summed E-state index contributed by atoms with van der Waals surface area (Å²) in [7, 11) is 0. The van der Waals surface area contributed by atoms with E-state index in [1.165, 1.54) is 10.7 Å². The second-order valence-electron chi connectivity index (χ2n) is 7.46. The minimum absolute atomic E-state index is 0.222. The summed E-state index contributed by atoms with van der Waals surface area (Å²) in [6.07, 6.45) is 3.19. The summed E-state index contributed by atoms with van der Waals surface area (Å²) >= 11 is 0. The van der Waals surface area contributed by atoms with Gasteiger partial charge in [0, 0.05) is 12.6 Å². The third-order valence-corrected chi connectivity index (χ3v) is 4.21. The van der Waals surface area contributed by atoms with Gasteiger partial charge in [-0.1, -0.05) is 20.3 Å². The maximum absolute atomic E-state index is 12.9. The number of hydrogen-bond donors (Lipinski definition) is 2. The van der Waals surface area contributed by atoms with Gasteiger partial charge in [0.15, 0.2) is 11.6 Å². The predicted molar refractivity (Wildman–Crippen MR) is 96.8 cm³/mol. The summed E-state index contributed by atoms with van der Waals surface area (Å²) in [5.41, 5.74) is -0.970. The zero-order valence-corrected chi connectivity index (χ0v) is 15.8. The van der Waals surface area contributed by atoms with Crippen LogP contribution in [-0.2, 0) is 13.0 Å². The molecule has 1 unspecified atom stereocenters. The van der Waals surface area contributed by atoms with Crippen molar-refractivity contribution in [2.24, 2.45) is 5.92 Å². The van der Waals surface area contributed by atoms with Gasteiger partial charge in [-0.3, -0.25) is 9.89 Å². The van der Waals surface area contributed by atoms with Crippen LogP contribution >= 0.6 is 0 Å². The minimum atomic E-state index is -0.992. The van der Waals surface area contributed by atoms with E-state index >= 15 is 0 Å². The monoisotopic (exact) mass is 359 g/mol. The molecular weight excluding hydrogens is 334 g/mol. The number of nitrogens with one attached hydrogen (secondary N) is 1.